The van der Waals surface area contributed by atoms with Gasteiger partial charge in [0.1, 0.15) is 0 Å². The lowest BCUT2D eigenvalue weighted by molar-refractivity contribution is 1.07. The molecule has 4 heteroatoms. The van der Waals surface area contributed by atoms with E-state index in [0.717, 1.165) is 44.5 Å². The third kappa shape index (κ3) is 5.62. The van der Waals surface area contributed by atoms with Gasteiger partial charge in [0.25, 0.3) is 0 Å². The Hall–Kier alpha value is -6.70. The van der Waals surface area contributed by atoms with E-state index in [-0.39, 0.29) is 0 Å². The Morgan fingerprint density at radius 3 is 1.60 bits per heavy atom. The summed E-state index contributed by atoms with van der Waals surface area (Å²) in [5.74, 6) is 1.55. The molecule has 0 saturated heterocycles. The first kappa shape index (κ1) is 28.8. The van der Waals surface area contributed by atoms with E-state index in [2.05, 4.69) is 114 Å². The highest BCUT2D eigenvalue weighted by molar-refractivity contribution is 5.98. The maximum absolute atomic E-state index is 7.84. The first-order valence-corrected chi connectivity index (χ1v) is 15.8. The van der Waals surface area contributed by atoms with Gasteiger partial charge in [-0.3, -0.25) is 0 Å². The lowest BCUT2D eigenvalue weighted by atomic mass is 9.93. The van der Waals surface area contributed by atoms with Crippen molar-refractivity contribution in [1.29, 1.82) is 0 Å². The molecule has 0 N–H and O–H groups in total. The molecule has 0 saturated carbocycles. The van der Waals surface area contributed by atoms with Gasteiger partial charge < -0.3 is 0 Å². The van der Waals surface area contributed by atoms with E-state index in [0.29, 0.717) is 28.7 Å². The minimum Gasteiger partial charge on any atom is -0.237 e. The van der Waals surface area contributed by atoms with Crippen LogP contribution < -0.4 is 0 Å². The van der Waals surface area contributed by atoms with Crippen LogP contribution in [0.2, 0.25) is 0 Å². The van der Waals surface area contributed by atoms with Crippen molar-refractivity contribution in [3.05, 3.63) is 181 Å². The molecule has 1 aromatic heterocycles. The molecule has 8 aromatic rings. The Balaban J connectivity index is 1.34. The smallest absolute Gasteiger partial charge is 0.198 e. The molecule has 0 fully saturated rings. The summed E-state index contributed by atoms with van der Waals surface area (Å²) in [4.78, 5) is 18.9. The number of nitrogens with zero attached hydrogens (tertiary/aromatic N) is 4. The second-order valence-corrected chi connectivity index (χ2v) is 11.6. The van der Waals surface area contributed by atoms with Crippen molar-refractivity contribution in [2.45, 2.75) is 0 Å². The molecular weight excluding hydrogens is 585 g/mol. The monoisotopic (exact) mass is 612 g/mol. The summed E-state index contributed by atoms with van der Waals surface area (Å²) in [5.41, 5.74) is 9.53. The van der Waals surface area contributed by atoms with Crippen LogP contribution in [0.4, 0.5) is 5.69 Å². The summed E-state index contributed by atoms with van der Waals surface area (Å²) < 4.78 is 0. The third-order valence-electron chi connectivity index (χ3n) is 8.55. The second kappa shape index (κ2) is 12.6. The van der Waals surface area contributed by atoms with E-state index in [1.54, 1.807) is 6.07 Å². The predicted molar refractivity (Wildman–Crippen MR) is 196 cm³/mol. The van der Waals surface area contributed by atoms with Crippen molar-refractivity contribution >= 4 is 16.5 Å². The highest BCUT2D eigenvalue weighted by Crippen LogP contribution is 2.37. The van der Waals surface area contributed by atoms with Crippen LogP contribution in [0.1, 0.15) is 0 Å². The normalized spacial score (nSPS) is 10.9. The summed E-state index contributed by atoms with van der Waals surface area (Å²) in [6.07, 6.45) is 0. The molecule has 1 heterocycles. The fourth-order valence-corrected chi connectivity index (χ4v) is 6.14. The molecule has 0 aliphatic carbocycles. The van der Waals surface area contributed by atoms with Crippen molar-refractivity contribution in [3.8, 4) is 67.5 Å². The van der Waals surface area contributed by atoms with Crippen molar-refractivity contribution in [3.63, 3.8) is 0 Å². The zero-order chi connectivity index (χ0) is 32.3. The quantitative estimate of drug-likeness (QED) is 0.175. The van der Waals surface area contributed by atoms with Gasteiger partial charge in [-0.1, -0.05) is 152 Å². The minimum absolute atomic E-state index is 0.463. The number of benzene rings is 7. The second-order valence-electron chi connectivity index (χ2n) is 11.6. The number of fused-ring (bicyclic) bond motifs is 1. The highest BCUT2D eigenvalue weighted by Gasteiger charge is 2.17. The van der Waals surface area contributed by atoms with Gasteiger partial charge in [0.2, 0.25) is 0 Å². The summed E-state index contributed by atoms with van der Waals surface area (Å²) in [5, 5.41) is 2.36. The van der Waals surface area contributed by atoms with Crippen molar-refractivity contribution in [2.75, 3.05) is 0 Å². The molecule has 0 bridgehead atoms. The van der Waals surface area contributed by atoms with Gasteiger partial charge >= 0.3 is 0 Å². The Labute approximate surface area is 279 Å². The fourth-order valence-electron chi connectivity index (χ4n) is 6.14. The lowest BCUT2D eigenvalue weighted by Gasteiger charge is -2.14. The first-order chi connectivity index (χ1) is 23.7. The lowest BCUT2D eigenvalue weighted by Crippen LogP contribution is -2.01. The fraction of sp³-hybridized carbons (Fsp3) is 0. The van der Waals surface area contributed by atoms with Gasteiger partial charge in [0.15, 0.2) is 23.2 Å². The van der Waals surface area contributed by atoms with Crippen LogP contribution in [-0.2, 0) is 0 Å². The molecule has 4 nitrogen and oxygen atoms in total. The Morgan fingerprint density at radius 1 is 0.354 bits per heavy atom. The van der Waals surface area contributed by atoms with Gasteiger partial charge in [-0.25, -0.2) is 19.8 Å². The van der Waals surface area contributed by atoms with Crippen molar-refractivity contribution in [2.24, 2.45) is 0 Å². The Kier molecular flexibility index (Phi) is 7.54. The van der Waals surface area contributed by atoms with E-state index in [4.69, 9.17) is 21.5 Å². The topological polar surface area (TPSA) is 43.0 Å². The predicted octanol–water partition coefficient (Wildman–Crippen LogP) is 11.6. The van der Waals surface area contributed by atoms with E-state index >= 15 is 0 Å². The standard InChI is InChI=1S/C44H28N4/c1-45-41-22-11-10-20-40(41)44-47-42(34-25-23-32(24-26-34)30-13-4-2-5-14-30)46-43(48-44)37-28-35(31-15-6-3-7-16-31)27-36(29-37)39-21-12-18-33-17-8-9-19-38(33)39/h2-29H. The van der Waals surface area contributed by atoms with Gasteiger partial charge in [0, 0.05) is 16.7 Å². The summed E-state index contributed by atoms with van der Waals surface area (Å²) in [6, 6.07) is 57.9. The number of hydrogen-bond donors (Lipinski definition) is 0. The molecule has 0 radical (unpaired) electrons. The van der Waals surface area contributed by atoms with Crippen LogP contribution in [-0.4, -0.2) is 15.0 Å². The zero-order valence-corrected chi connectivity index (χ0v) is 26.0. The molecule has 0 aliphatic rings. The Morgan fingerprint density at radius 2 is 0.854 bits per heavy atom. The summed E-state index contributed by atoms with van der Waals surface area (Å²) in [7, 11) is 0. The molecule has 0 atom stereocenters. The SMILES string of the molecule is [C-]#[N+]c1ccccc1-c1nc(-c2ccc(-c3ccccc3)cc2)nc(-c2cc(-c3ccccc3)cc(-c3cccc4ccccc34)c2)n1. The Bertz CT molecular complexity index is 2440. The van der Waals surface area contributed by atoms with E-state index < -0.39 is 0 Å². The molecule has 0 spiro atoms. The summed E-state index contributed by atoms with van der Waals surface area (Å²) in [6.45, 7) is 7.84. The molecule has 0 aliphatic heterocycles. The van der Waals surface area contributed by atoms with E-state index in [1.165, 1.54) is 10.8 Å². The van der Waals surface area contributed by atoms with Crippen LogP contribution in [0, 0.1) is 6.57 Å². The van der Waals surface area contributed by atoms with Gasteiger partial charge in [-0.2, -0.15) is 0 Å². The molecule has 7 aromatic carbocycles. The van der Waals surface area contributed by atoms with Gasteiger partial charge in [-0.15, -0.1) is 0 Å². The van der Waals surface area contributed by atoms with Crippen LogP contribution in [0.3, 0.4) is 0 Å². The number of para-hydroxylation sites is 1. The van der Waals surface area contributed by atoms with E-state index in [9.17, 15) is 0 Å². The molecule has 224 valence electrons. The van der Waals surface area contributed by atoms with Crippen LogP contribution in [0.15, 0.2) is 170 Å². The zero-order valence-electron chi connectivity index (χ0n) is 26.0. The number of rotatable bonds is 6. The van der Waals surface area contributed by atoms with Crippen LogP contribution in [0.25, 0.3) is 83.2 Å². The molecular formula is C44H28N4. The van der Waals surface area contributed by atoms with E-state index in [1.807, 2.05) is 54.6 Å². The largest absolute Gasteiger partial charge is 0.237 e. The van der Waals surface area contributed by atoms with Crippen LogP contribution in [0.5, 0.6) is 0 Å². The molecule has 8 rings (SSSR count). The average Bonchev–Trinajstić information content (AvgIpc) is 3.18. The van der Waals surface area contributed by atoms with Crippen molar-refractivity contribution in [1.82, 2.24) is 15.0 Å². The minimum atomic E-state index is 0.463. The third-order valence-corrected chi connectivity index (χ3v) is 8.55. The van der Waals surface area contributed by atoms with Gasteiger partial charge in [0.05, 0.1) is 6.57 Å². The number of hydrogen-bond acceptors (Lipinski definition) is 3. The average molecular weight is 613 g/mol. The van der Waals surface area contributed by atoms with Gasteiger partial charge in [-0.05, 0) is 62.4 Å². The molecule has 0 amide bonds. The van der Waals surface area contributed by atoms with Crippen LogP contribution >= 0.6 is 0 Å². The maximum atomic E-state index is 7.84. The van der Waals surface area contributed by atoms with Crippen molar-refractivity contribution < 1.29 is 0 Å². The molecule has 48 heavy (non-hydrogen) atoms. The molecule has 0 unspecified atom stereocenters. The highest BCUT2D eigenvalue weighted by atomic mass is 15.0. The number of aromatic nitrogens is 3. The maximum Gasteiger partial charge on any atom is 0.198 e. The first-order valence-electron chi connectivity index (χ1n) is 15.8. The summed E-state index contributed by atoms with van der Waals surface area (Å²) >= 11 is 0.